The van der Waals surface area contributed by atoms with Crippen molar-refractivity contribution in [3.05, 3.63) is 18.2 Å². The molecule has 2 rings (SSSR count). The molecule has 1 aliphatic heterocycles. The zero-order chi connectivity index (χ0) is 8.55. The molecule has 0 fully saturated rings. The molecule has 4 nitrogen and oxygen atoms in total. The Morgan fingerprint density at radius 3 is 2.54 bits per heavy atom. The fourth-order valence-electron chi connectivity index (χ4n) is 1.07. The molecule has 0 radical (unpaired) electrons. The Labute approximate surface area is 76.9 Å². The predicted octanol–water partition coefficient (Wildman–Crippen LogP) is -0.269. The van der Waals surface area contributed by atoms with E-state index in [1.807, 2.05) is 0 Å². The SMILES string of the molecule is C.OB(O)c1ccc2c(c1)OCO2. The smallest absolute Gasteiger partial charge is 0.454 e. The molecule has 0 saturated carbocycles. The average Bonchev–Trinajstić information content (AvgIpc) is 2.49. The first-order chi connectivity index (χ1) is 5.77. The normalized spacial score (nSPS) is 12.2. The van der Waals surface area contributed by atoms with Crippen molar-refractivity contribution in [1.29, 1.82) is 0 Å². The Bertz CT molecular complexity index is 300. The summed E-state index contributed by atoms with van der Waals surface area (Å²) in [6.45, 7) is 0.195. The minimum Gasteiger partial charge on any atom is -0.454 e. The largest absolute Gasteiger partial charge is 0.488 e. The summed E-state index contributed by atoms with van der Waals surface area (Å²) in [5, 5.41) is 17.6. The molecule has 0 amide bonds. The number of hydrogen-bond donors (Lipinski definition) is 2. The van der Waals surface area contributed by atoms with E-state index in [0.717, 1.165) is 0 Å². The second-order valence-corrected chi connectivity index (χ2v) is 2.49. The maximum atomic E-state index is 8.81. The van der Waals surface area contributed by atoms with Crippen LogP contribution in [0.3, 0.4) is 0 Å². The van der Waals surface area contributed by atoms with Crippen LogP contribution in [0.5, 0.6) is 11.5 Å². The van der Waals surface area contributed by atoms with E-state index in [4.69, 9.17) is 19.5 Å². The fraction of sp³-hybridized carbons (Fsp3) is 0.250. The van der Waals surface area contributed by atoms with Crippen LogP contribution in [0.15, 0.2) is 18.2 Å². The first kappa shape index (κ1) is 9.89. The number of rotatable bonds is 1. The van der Waals surface area contributed by atoms with Crippen molar-refractivity contribution in [1.82, 2.24) is 0 Å². The average molecular weight is 182 g/mol. The van der Waals surface area contributed by atoms with Crippen LogP contribution in [0.4, 0.5) is 0 Å². The topological polar surface area (TPSA) is 58.9 Å². The first-order valence-electron chi connectivity index (χ1n) is 3.53. The summed E-state index contributed by atoms with van der Waals surface area (Å²) in [6.07, 6.45) is 0. The van der Waals surface area contributed by atoms with Gasteiger partial charge in [-0.1, -0.05) is 13.5 Å². The van der Waals surface area contributed by atoms with Crippen molar-refractivity contribution in [3.63, 3.8) is 0 Å². The first-order valence-corrected chi connectivity index (χ1v) is 3.53. The van der Waals surface area contributed by atoms with Crippen LogP contribution in [0.2, 0.25) is 0 Å². The maximum absolute atomic E-state index is 8.81. The maximum Gasteiger partial charge on any atom is 0.488 e. The van der Waals surface area contributed by atoms with Crippen LogP contribution in [0.1, 0.15) is 7.43 Å². The van der Waals surface area contributed by atoms with Gasteiger partial charge in [-0.2, -0.15) is 0 Å². The summed E-state index contributed by atoms with van der Waals surface area (Å²) in [5.41, 5.74) is 0.402. The lowest BCUT2D eigenvalue weighted by atomic mass is 9.80. The molecule has 2 N–H and O–H groups in total. The van der Waals surface area contributed by atoms with Gasteiger partial charge in [0, 0.05) is 0 Å². The minimum absolute atomic E-state index is 0. The third-order valence-corrected chi connectivity index (χ3v) is 1.69. The summed E-state index contributed by atoms with van der Waals surface area (Å²) >= 11 is 0. The van der Waals surface area contributed by atoms with Gasteiger partial charge in [0.25, 0.3) is 0 Å². The second-order valence-electron chi connectivity index (χ2n) is 2.49. The van der Waals surface area contributed by atoms with E-state index in [0.29, 0.717) is 17.0 Å². The number of benzene rings is 1. The molecule has 1 aliphatic rings. The van der Waals surface area contributed by atoms with E-state index in [-0.39, 0.29) is 14.2 Å². The molecule has 0 bridgehead atoms. The lowest BCUT2D eigenvalue weighted by Gasteiger charge is -1.99. The van der Waals surface area contributed by atoms with Crippen molar-refractivity contribution in [2.75, 3.05) is 6.79 Å². The highest BCUT2D eigenvalue weighted by molar-refractivity contribution is 6.58. The zero-order valence-corrected chi connectivity index (χ0v) is 6.23. The van der Waals surface area contributed by atoms with E-state index in [1.165, 1.54) is 0 Å². The molecule has 1 aromatic carbocycles. The number of ether oxygens (including phenoxy) is 2. The molecule has 0 saturated heterocycles. The molecule has 13 heavy (non-hydrogen) atoms. The van der Waals surface area contributed by atoms with Gasteiger partial charge < -0.3 is 19.5 Å². The van der Waals surface area contributed by atoms with Crippen molar-refractivity contribution >= 4 is 12.6 Å². The van der Waals surface area contributed by atoms with Gasteiger partial charge in [0.05, 0.1) is 0 Å². The zero-order valence-electron chi connectivity index (χ0n) is 6.23. The van der Waals surface area contributed by atoms with Crippen molar-refractivity contribution in [2.24, 2.45) is 0 Å². The standard InChI is InChI=1S/C7H7BO4.CH4/c9-8(10)5-1-2-6-7(3-5)12-4-11-6;/h1-3,9-10H,4H2;1H4. The number of hydrogen-bond acceptors (Lipinski definition) is 4. The lowest BCUT2D eigenvalue weighted by molar-refractivity contribution is 0.174. The highest BCUT2D eigenvalue weighted by atomic mass is 16.7. The summed E-state index contributed by atoms with van der Waals surface area (Å²) in [6, 6.07) is 4.78. The van der Waals surface area contributed by atoms with Gasteiger partial charge in [0.1, 0.15) is 0 Å². The van der Waals surface area contributed by atoms with Crippen molar-refractivity contribution in [2.45, 2.75) is 7.43 Å². The fourth-order valence-corrected chi connectivity index (χ4v) is 1.07. The highest BCUT2D eigenvalue weighted by Gasteiger charge is 2.17. The van der Waals surface area contributed by atoms with E-state index >= 15 is 0 Å². The Morgan fingerprint density at radius 1 is 1.15 bits per heavy atom. The monoisotopic (exact) mass is 182 g/mol. The van der Waals surface area contributed by atoms with E-state index < -0.39 is 7.12 Å². The van der Waals surface area contributed by atoms with Crippen molar-refractivity contribution < 1.29 is 19.5 Å². The molecular weight excluding hydrogens is 171 g/mol. The van der Waals surface area contributed by atoms with Crippen LogP contribution < -0.4 is 14.9 Å². The summed E-state index contributed by atoms with van der Waals surface area (Å²) in [4.78, 5) is 0. The molecule has 70 valence electrons. The van der Waals surface area contributed by atoms with E-state index in [9.17, 15) is 0 Å². The van der Waals surface area contributed by atoms with Gasteiger partial charge in [-0.25, -0.2) is 0 Å². The van der Waals surface area contributed by atoms with E-state index in [2.05, 4.69) is 0 Å². The van der Waals surface area contributed by atoms with Gasteiger partial charge in [0.2, 0.25) is 6.79 Å². The molecule has 0 spiro atoms. The van der Waals surface area contributed by atoms with E-state index in [1.54, 1.807) is 18.2 Å². The highest BCUT2D eigenvalue weighted by Crippen LogP contribution is 2.29. The molecule has 1 heterocycles. The predicted molar refractivity (Wildman–Crippen MR) is 49.1 cm³/mol. The van der Waals surface area contributed by atoms with Gasteiger partial charge in [-0.05, 0) is 17.6 Å². The molecular formula is C8H11BO4. The van der Waals surface area contributed by atoms with Gasteiger partial charge in [-0.15, -0.1) is 0 Å². The minimum atomic E-state index is -1.46. The molecule has 5 heteroatoms. The Morgan fingerprint density at radius 2 is 1.85 bits per heavy atom. The Balaban J connectivity index is 0.000000845. The molecule has 0 atom stereocenters. The quantitative estimate of drug-likeness (QED) is 0.587. The van der Waals surface area contributed by atoms with Crippen LogP contribution in [-0.4, -0.2) is 24.0 Å². The van der Waals surface area contributed by atoms with Crippen LogP contribution >= 0.6 is 0 Å². The lowest BCUT2D eigenvalue weighted by Crippen LogP contribution is -2.29. The van der Waals surface area contributed by atoms with Crippen LogP contribution in [0, 0.1) is 0 Å². The Hall–Kier alpha value is -1.20. The Kier molecular flexibility index (Phi) is 2.80. The van der Waals surface area contributed by atoms with Crippen molar-refractivity contribution in [3.8, 4) is 11.5 Å². The van der Waals surface area contributed by atoms with Gasteiger partial charge >= 0.3 is 7.12 Å². The summed E-state index contributed by atoms with van der Waals surface area (Å²) in [5.74, 6) is 1.19. The molecule has 0 unspecified atom stereocenters. The third-order valence-electron chi connectivity index (χ3n) is 1.69. The summed E-state index contributed by atoms with van der Waals surface area (Å²) in [7, 11) is -1.46. The summed E-state index contributed by atoms with van der Waals surface area (Å²) < 4.78 is 10.1. The molecule has 0 aromatic heterocycles. The second kappa shape index (κ2) is 3.68. The van der Waals surface area contributed by atoms with Crippen LogP contribution in [0.25, 0.3) is 0 Å². The molecule has 0 aliphatic carbocycles. The number of fused-ring (bicyclic) bond motifs is 1. The molecule has 1 aromatic rings. The van der Waals surface area contributed by atoms with Gasteiger partial charge in [-0.3, -0.25) is 0 Å². The van der Waals surface area contributed by atoms with Crippen LogP contribution in [-0.2, 0) is 0 Å². The van der Waals surface area contributed by atoms with Gasteiger partial charge in [0.15, 0.2) is 11.5 Å². The third kappa shape index (κ3) is 1.76.